The monoisotopic (exact) mass is 310 g/mol. The molecule has 1 fully saturated rings. The minimum atomic E-state index is -5.05. The Kier molecular flexibility index (Phi) is 5.56. The number of carboxylic acids is 1. The van der Waals surface area contributed by atoms with Crippen LogP contribution in [0, 0.1) is 5.92 Å². The molecule has 1 rings (SSSR count). The maximum atomic E-state index is 12.6. The molecule has 1 aliphatic heterocycles. The molecular weight excluding hydrogens is 293 g/mol. The number of rotatable bonds is 4. The van der Waals surface area contributed by atoms with Crippen LogP contribution in [-0.4, -0.2) is 53.6 Å². The summed E-state index contributed by atoms with van der Waals surface area (Å²) in [5, 5.41) is 10.8. The molecule has 0 saturated carbocycles. The number of alkyl halides is 3. The van der Waals surface area contributed by atoms with Crippen molar-refractivity contribution in [3.8, 4) is 0 Å². The zero-order chi connectivity index (χ0) is 16.2. The molecule has 1 aliphatic rings. The van der Waals surface area contributed by atoms with Crippen LogP contribution in [0.3, 0.4) is 0 Å². The molecule has 0 aliphatic carbocycles. The molecule has 0 aromatic rings. The van der Waals surface area contributed by atoms with Gasteiger partial charge in [0.05, 0.1) is 0 Å². The number of hydrogen-bond donors (Lipinski definition) is 2. The number of nitrogens with one attached hydrogen (secondary N) is 1. The van der Waals surface area contributed by atoms with Crippen LogP contribution >= 0.6 is 0 Å². The van der Waals surface area contributed by atoms with Crippen molar-refractivity contribution in [1.82, 2.24) is 10.2 Å². The van der Waals surface area contributed by atoms with Crippen molar-refractivity contribution in [2.75, 3.05) is 13.6 Å². The van der Waals surface area contributed by atoms with Crippen LogP contribution in [0.5, 0.6) is 0 Å². The lowest BCUT2D eigenvalue weighted by Gasteiger charge is -2.38. The van der Waals surface area contributed by atoms with Gasteiger partial charge in [-0.1, -0.05) is 0 Å². The molecule has 21 heavy (non-hydrogen) atoms. The van der Waals surface area contributed by atoms with Gasteiger partial charge < -0.3 is 15.3 Å². The summed E-state index contributed by atoms with van der Waals surface area (Å²) in [6.45, 7) is -0.260. The fourth-order valence-electron chi connectivity index (χ4n) is 2.44. The predicted octanol–water partition coefficient (Wildman–Crippen LogP) is 0.767. The van der Waals surface area contributed by atoms with E-state index in [4.69, 9.17) is 5.11 Å². The zero-order valence-electron chi connectivity index (χ0n) is 11.4. The molecular formula is C12H17F3N2O4. The Hall–Kier alpha value is -1.80. The Labute approximate surface area is 119 Å². The summed E-state index contributed by atoms with van der Waals surface area (Å²) in [5.74, 6) is -4.11. The first-order valence-corrected chi connectivity index (χ1v) is 6.48. The van der Waals surface area contributed by atoms with Gasteiger partial charge in [-0.3, -0.25) is 14.4 Å². The lowest BCUT2D eigenvalue weighted by atomic mass is 9.89. The maximum Gasteiger partial charge on any atom is 0.471 e. The molecule has 0 spiro atoms. The van der Waals surface area contributed by atoms with Crippen LogP contribution in [0.25, 0.3) is 0 Å². The van der Waals surface area contributed by atoms with E-state index in [1.165, 1.54) is 7.05 Å². The average Bonchev–Trinajstić information content (AvgIpc) is 2.42. The molecule has 0 bridgehead atoms. The molecule has 0 unspecified atom stereocenters. The van der Waals surface area contributed by atoms with E-state index in [2.05, 4.69) is 5.32 Å². The van der Waals surface area contributed by atoms with E-state index in [9.17, 15) is 27.6 Å². The molecule has 2 N–H and O–H groups in total. The molecule has 0 aromatic heterocycles. The van der Waals surface area contributed by atoms with Gasteiger partial charge in [-0.15, -0.1) is 0 Å². The number of nitrogens with zero attached hydrogens (tertiary/aromatic N) is 1. The number of amides is 2. The highest BCUT2D eigenvalue weighted by Crippen LogP contribution is 2.29. The summed E-state index contributed by atoms with van der Waals surface area (Å²) in [4.78, 5) is 34.1. The minimum absolute atomic E-state index is 0.0891. The molecule has 1 saturated heterocycles. The Morgan fingerprint density at radius 2 is 1.90 bits per heavy atom. The Morgan fingerprint density at radius 3 is 2.38 bits per heavy atom. The average molecular weight is 310 g/mol. The quantitative estimate of drug-likeness (QED) is 0.803. The third kappa shape index (κ3) is 4.61. The summed E-state index contributed by atoms with van der Waals surface area (Å²) in [6.07, 6.45) is -4.56. The van der Waals surface area contributed by atoms with Crippen molar-refractivity contribution in [2.45, 2.75) is 37.9 Å². The van der Waals surface area contributed by atoms with Crippen molar-refractivity contribution < 1.29 is 32.7 Å². The van der Waals surface area contributed by atoms with Gasteiger partial charge in [0.1, 0.15) is 6.04 Å². The summed E-state index contributed by atoms with van der Waals surface area (Å²) < 4.78 is 37.8. The van der Waals surface area contributed by atoms with Crippen LogP contribution in [0.2, 0.25) is 0 Å². The van der Waals surface area contributed by atoms with Crippen molar-refractivity contribution in [1.29, 1.82) is 0 Å². The zero-order valence-corrected chi connectivity index (χ0v) is 11.4. The molecule has 120 valence electrons. The Bertz CT molecular complexity index is 425. The first kappa shape index (κ1) is 17.3. The number of aliphatic carboxylic acids is 1. The lowest BCUT2D eigenvalue weighted by molar-refractivity contribution is -0.190. The van der Waals surface area contributed by atoms with Gasteiger partial charge >= 0.3 is 18.1 Å². The highest BCUT2D eigenvalue weighted by molar-refractivity contribution is 5.90. The number of carboxylic acid groups (broad SMARTS) is 1. The van der Waals surface area contributed by atoms with E-state index in [1.54, 1.807) is 0 Å². The van der Waals surface area contributed by atoms with Crippen LogP contribution in [-0.2, 0) is 14.4 Å². The lowest BCUT2D eigenvalue weighted by Crippen LogP contribution is -2.56. The second kappa shape index (κ2) is 6.77. The highest BCUT2D eigenvalue weighted by Gasteiger charge is 2.47. The minimum Gasteiger partial charge on any atom is -0.481 e. The Morgan fingerprint density at radius 1 is 1.29 bits per heavy atom. The van der Waals surface area contributed by atoms with E-state index in [0.717, 1.165) is 0 Å². The van der Waals surface area contributed by atoms with Crippen LogP contribution in [0.15, 0.2) is 0 Å². The van der Waals surface area contributed by atoms with Gasteiger partial charge in [0, 0.05) is 20.0 Å². The first-order chi connectivity index (χ1) is 9.66. The van der Waals surface area contributed by atoms with Crippen molar-refractivity contribution in [3.63, 3.8) is 0 Å². The number of piperidine rings is 1. The van der Waals surface area contributed by atoms with E-state index in [-0.39, 0.29) is 31.7 Å². The highest BCUT2D eigenvalue weighted by atomic mass is 19.4. The summed E-state index contributed by atoms with van der Waals surface area (Å²) >= 11 is 0. The smallest absolute Gasteiger partial charge is 0.471 e. The SMILES string of the molecule is CNC(=O)[C@@H]1CC[C@@H](CCC(=O)O)CN1C(=O)C(F)(F)F. The first-order valence-electron chi connectivity index (χ1n) is 6.48. The molecule has 2 atom stereocenters. The normalized spacial score (nSPS) is 22.8. The molecule has 2 amide bonds. The van der Waals surface area contributed by atoms with Gasteiger partial charge in [0.2, 0.25) is 5.91 Å². The van der Waals surface area contributed by atoms with E-state index in [0.29, 0.717) is 11.3 Å². The molecule has 1 heterocycles. The van der Waals surface area contributed by atoms with Gasteiger partial charge in [-0.05, 0) is 25.2 Å². The number of halogens is 3. The number of carbonyl (C=O) groups is 3. The molecule has 0 radical (unpaired) electrons. The predicted molar refractivity (Wildman–Crippen MR) is 65.2 cm³/mol. The van der Waals surface area contributed by atoms with Crippen LogP contribution < -0.4 is 5.32 Å². The van der Waals surface area contributed by atoms with Crippen molar-refractivity contribution in [2.24, 2.45) is 5.92 Å². The van der Waals surface area contributed by atoms with Crippen LogP contribution in [0.4, 0.5) is 13.2 Å². The number of hydrogen-bond acceptors (Lipinski definition) is 3. The van der Waals surface area contributed by atoms with E-state index < -0.39 is 30.0 Å². The van der Waals surface area contributed by atoms with E-state index in [1.807, 2.05) is 0 Å². The topological polar surface area (TPSA) is 86.7 Å². The van der Waals surface area contributed by atoms with Gasteiger partial charge in [0.25, 0.3) is 0 Å². The largest absolute Gasteiger partial charge is 0.481 e. The molecule has 9 heteroatoms. The Balaban J connectivity index is 2.84. The maximum absolute atomic E-state index is 12.6. The number of likely N-dealkylation sites (tertiary alicyclic amines) is 1. The number of carbonyl (C=O) groups excluding carboxylic acids is 2. The summed E-state index contributed by atoms with van der Waals surface area (Å²) in [5.41, 5.74) is 0. The molecule has 0 aromatic carbocycles. The van der Waals surface area contributed by atoms with Gasteiger partial charge in [-0.25, -0.2) is 0 Å². The van der Waals surface area contributed by atoms with Gasteiger partial charge in [-0.2, -0.15) is 13.2 Å². The second-order valence-corrected chi connectivity index (χ2v) is 4.96. The fraction of sp³-hybridized carbons (Fsp3) is 0.750. The molecule has 6 nitrogen and oxygen atoms in total. The fourth-order valence-corrected chi connectivity index (χ4v) is 2.44. The number of likely N-dealkylation sites (N-methyl/N-ethyl adjacent to an activating group) is 1. The third-order valence-corrected chi connectivity index (χ3v) is 3.50. The van der Waals surface area contributed by atoms with Crippen LogP contribution in [0.1, 0.15) is 25.7 Å². The summed E-state index contributed by atoms with van der Waals surface area (Å²) in [6, 6.07) is -1.16. The van der Waals surface area contributed by atoms with Gasteiger partial charge in [0.15, 0.2) is 0 Å². The summed E-state index contributed by atoms with van der Waals surface area (Å²) in [7, 11) is 1.29. The van der Waals surface area contributed by atoms with Crippen molar-refractivity contribution >= 4 is 17.8 Å². The van der Waals surface area contributed by atoms with E-state index >= 15 is 0 Å². The second-order valence-electron chi connectivity index (χ2n) is 4.96. The van der Waals surface area contributed by atoms with Crippen molar-refractivity contribution in [3.05, 3.63) is 0 Å². The standard InChI is InChI=1S/C12H17F3N2O4/c1-16-10(20)8-4-2-7(3-5-9(18)19)6-17(8)11(21)12(13,14)15/h7-8H,2-6H2,1H3,(H,16,20)(H,18,19)/t7-,8-/m0/s1. The third-order valence-electron chi connectivity index (χ3n) is 3.50.